The van der Waals surface area contributed by atoms with E-state index in [1.807, 2.05) is 54.3 Å². The van der Waals surface area contributed by atoms with Crippen LogP contribution in [0.4, 0.5) is 0 Å². The van der Waals surface area contributed by atoms with Crippen LogP contribution in [-0.4, -0.2) is 29.5 Å². The van der Waals surface area contributed by atoms with Crippen molar-refractivity contribution in [2.45, 2.75) is 32.5 Å². The lowest BCUT2D eigenvalue weighted by molar-refractivity contribution is 0.307. The van der Waals surface area contributed by atoms with Gasteiger partial charge in [0.2, 0.25) is 0 Å². The number of hydrogen-bond acceptors (Lipinski definition) is 5. The van der Waals surface area contributed by atoms with Crippen molar-refractivity contribution in [2.24, 2.45) is 0 Å². The lowest BCUT2D eigenvalue weighted by Crippen LogP contribution is -2.29. The van der Waals surface area contributed by atoms with E-state index in [1.165, 1.54) is 5.56 Å². The van der Waals surface area contributed by atoms with Gasteiger partial charge >= 0.3 is 0 Å². The molecule has 1 aliphatic heterocycles. The van der Waals surface area contributed by atoms with Gasteiger partial charge in [0.15, 0.2) is 10.2 Å². The molecule has 0 spiro atoms. The molecular weight excluding hydrogens is 424 g/mol. The first-order valence-corrected chi connectivity index (χ1v) is 11.4. The smallest absolute Gasteiger partial charge is 0.193 e. The van der Waals surface area contributed by atoms with Crippen LogP contribution in [0.5, 0.6) is 0 Å². The molecule has 6 nitrogen and oxygen atoms in total. The zero-order chi connectivity index (χ0) is 21.4. The third-order valence-electron chi connectivity index (χ3n) is 5.66. The van der Waals surface area contributed by atoms with Crippen LogP contribution in [0.2, 0.25) is 0 Å². The first kappa shape index (κ1) is 19.8. The topological polar surface area (TPSA) is 58.9 Å². The summed E-state index contributed by atoms with van der Waals surface area (Å²) in [7, 11) is 0. The Bertz CT molecular complexity index is 1190. The van der Waals surface area contributed by atoms with Gasteiger partial charge in [-0.2, -0.15) is 0 Å². The fourth-order valence-corrected chi connectivity index (χ4v) is 5.34. The Hall–Kier alpha value is -3.10. The lowest BCUT2D eigenvalue weighted by atomic mass is 9.96. The number of pyridine rings is 2. The van der Waals surface area contributed by atoms with Crippen molar-refractivity contribution in [1.29, 1.82) is 0 Å². The van der Waals surface area contributed by atoms with Gasteiger partial charge in [0.25, 0.3) is 0 Å². The summed E-state index contributed by atoms with van der Waals surface area (Å²) in [6.07, 6.45) is 5.49. The minimum absolute atomic E-state index is 0.00989. The Balaban J connectivity index is 1.62. The van der Waals surface area contributed by atoms with E-state index in [-0.39, 0.29) is 12.1 Å². The number of thiocarbonyl (C=S) groups is 1. The van der Waals surface area contributed by atoms with Crippen LogP contribution >= 0.6 is 23.6 Å². The molecule has 0 aromatic carbocycles. The first-order valence-electron chi connectivity index (χ1n) is 10.1. The summed E-state index contributed by atoms with van der Waals surface area (Å²) in [6, 6.07) is 14.2. The standard InChI is InChI=1S/C23H22N6S2/c1-15-13-18(16(2)29(15)23-26-11-12-31-23)21-20(19-8-4-6-10-25-19)27-22(30)28(21)14-17-7-3-5-9-24-17/h3-13,20-21H,14H2,1-2H3,(H,27,30). The van der Waals surface area contributed by atoms with Crippen molar-refractivity contribution in [3.8, 4) is 5.13 Å². The summed E-state index contributed by atoms with van der Waals surface area (Å²) in [4.78, 5) is 15.9. The third kappa shape index (κ3) is 3.62. The molecular formula is C23H22N6S2. The normalized spacial score (nSPS) is 18.4. The maximum atomic E-state index is 5.80. The number of rotatable bonds is 5. The Morgan fingerprint density at radius 1 is 1.03 bits per heavy atom. The van der Waals surface area contributed by atoms with E-state index in [0.717, 1.165) is 27.9 Å². The maximum absolute atomic E-state index is 5.80. The monoisotopic (exact) mass is 446 g/mol. The third-order valence-corrected chi connectivity index (χ3v) is 6.76. The summed E-state index contributed by atoms with van der Waals surface area (Å²) in [5, 5.41) is 7.21. The highest BCUT2D eigenvalue weighted by Gasteiger charge is 2.41. The van der Waals surface area contributed by atoms with Crippen molar-refractivity contribution in [3.05, 3.63) is 94.8 Å². The van der Waals surface area contributed by atoms with Crippen molar-refractivity contribution in [3.63, 3.8) is 0 Å². The molecule has 4 aromatic heterocycles. The van der Waals surface area contributed by atoms with Crippen molar-refractivity contribution in [1.82, 2.24) is 29.7 Å². The molecule has 0 radical (unpaired) electrons. The Kier molecular flexibility index (Phi) is 5.25. The Morgan fingerprint density at radius 3 is 2.52 bits per heavy atom. The molecule has 5 rings (SSSR count). The second-order valence-electron chi connectivity index (χ2n) is 7.55. The summed E-state index contributed by atoms with van der Waals surface area (Å²) in [5.74, 6) is 0. The van der Waals surface area contributed by atoms with Gasteiger partial charge in [0.1, 0.15) is 0 Å². The zero-order valence-electron chi connectivity index (χ0n) is 17.3. The van der Waals surface area contributed by atoms with E-state index in [1.54, 1.807) is 11.3 Å². The highest BCUT2D eigenvalue weighted by Crippen LogP contribution is 2.42. The highest BCUT2D eigenvalue weighted by molar-refractivity contribution is 7.80. The highest BCUT2D eigenvalue weighted by atomic mass is 32.1. The van der Waals surface area contributed by atoms with E-state index in [2.05, 4.69) is 55.7 Å². The van der Waals surface area contributed by atoms with Crippen LogP contribution in [-0.2, 0) is 6.54 Å². The molecule has 2 atom stereocenters. The minimum Gasteiger partial charge on any atom is -0.352 e. The number of nitrogens with one attached hydrogen (secondary N) is 1. The van der Waals surface area contributed by atoms with Crippen LogP contribution in [0, 0.1) is 13.8 Å². The van der Waals surface area contributed by atoms with Gasteiger partial charge in [-0.15, -0.1) is 11.3 Å². The van der Waals surface area contributed by atoms with E-state index in [4.69, 9.17) is 12.2 Å². The van der Waals surface area contributed by atoms with Gasteiger partial charge < -0.3 is 10.2 Å². The van der Waals surface area contributed by atoms with Crippen LogP contribution in [0.25, 0.3) is 5.13 Å². The van der Waals surface area contributed by atoms with Gasteiger partial charge in [-0.25, -0.2) is 4.98 Å². The van der Waals surface area contributed by atoms with Crippen molar-refractivity contribution < 1.29 is 0 Å². The number of hydrogen-bond donors (Lipinski definition) is 1. The Morgan fingerprint density at radius 2 is 1.84 bits per heavy atom. The molecule has 0 amide bonds. The van der Waals surface area contributed by atoms with Gasteiger partial charge in [0.05, 0.1) is 30.0 Å². The van der Waals surface area contributed by atoms with Crippen LogP contribution in [0.1, 0.15) is 40.4 Å². The Labute approximate surface area is 190 Å². The molecule has 1 saturated heterocycles. The molecule has 156 valence electrons. The van der Waals surface area contributed by atoms with Crippen molar-refractivity contribution >= 4 is 28.7 Å². The molecule has 0 bridgehead atoms. The molecule has 1 N–H and O–H groups in total. The molecule has 2 unspecified atom stereocenters. The molecule has 8 heteroatoms. The quantitative estimate of drug-likeness (QED) is 0.455. The van der Waals surface area contributed by atoms with E-state index < -0.39 is 0 Å². The molecule has 4 aromatic rings. The predicted molar refractivity (Wildman–Crippen MR) is 126 cm³/mol. The fraction of sp³-hybridized carbons (Fsp3) is 0.217. The lowest BCUT2D eigenvalue weighted by Gasteiger charge is -2.27. The second kappa shape index (κ2) is 8.20. The minimum atomic E-state index is -0.0531. The van der Waals surface area contributed by atoms with E-state index in [9.17, 15) is 0 Å². The SMILES string of the molecule is Cc1cc(C2C(c3ccccn3)NC(=S)N2Cc2ccccn2)c(C)n1-c1nccs1. The molecule has 1 aliphatic rings. The average Bonchev–Trinajstić information content (AvgIpc) is 3.49. The average molecular weight is 447 g/mol. The number of nitrogens with zero attached hydrogens (tertiary/aromatic N) is 5. The zero-order valence-corrected chi connectivity index (χ0v) is 18.9. The number of aromatic nitrogens is 4. The summed E-state index contributed by atoms with van der Waals surface area (Å²) < 4.78 is 2.22. The van der Waals surface area contributed by atoms with Crippen LogP contribution in [0.15, 0.2) is 66.4 Å². The van der Waals surface area contributed by atoms with E-state index >= 15 is 0 Å². The predicted octanol–water partition coefficient (Wildman–Crippen LogP) is 4.51. The van der Waals surface area contributed by atoms with Gasteiger partial charge in [0, 0.05) is 35.4 Å². The first-order chi connectivity index (χ1) is 15.1. The fourth-order valence-electron chi connectivity index (χ4n) is 4.29. The van der Waals surface area contributed by atoms with Crippen molar-refractivity contribution in [2.75, 3.05) is 0 Å². The molecule has 0 saturated carbocycles. The second-order valence-corrected chi connectivity index (χ2v) is 8.81. The van der Waals surface area contributed by atoms with Gasteiger partial charge in [-0.1, -0.05) is 12.1 Å². The number of aryl methyl sites for hydroxylation is 1. The molecule has 5 heterocycles. The molecule has 31 heavy (non-hydrogen) atoms. The number of thiazole rings is 1. The summed E-state index contributed by atoms with van der Waals surface area (Å²) in [6.45, 7) is 4.90. The van der Waals surface area contributed by atoms with E-state index in [0.29, 0.717) is 11.7 Å². The maximum Gasteiger partial charge on any atom is 0.193 e. The molecule has 0 aliphatic carbocycles. The summed E-state index contributed by atoms with van der Waals surface area (Å²) >= 11 is 7.43. The summed E-state index contributed by atoms with van der Waals surface area (Å²) in [5.41, 5.74) is 5.48. The van der Waals surface area contributed by atoms with Gasteiger partial charge in [-0.05, 0) is 62.0 Å². The molecule has 1 fully saturated rings. The van der Waals surface area contributed by atoms with Gasteiger partial charge in [-0.3, -0.25) is 14.5 Å². The largest absolute Gasteiger partial charge is 0.352 e. The van der Waals surface area contributed by atoms with Crippen LogP contribution in [0.3, 0.4) is 0 Å². The van der Waals surface area contributed by atoms with Crippen LogP contribution < -0.4 is 5.32 Å².